The van der Waals surface area contributed by atoms with Crippen molar-refractivity contribution < 1.29 is 19.1 Å². The molecule has 4 nitrogen and oxygen atoms in total. The molecule has 0 bridgehead atoms. The van der Waals surface area contributed by atoms with Crippen LogP contribution in [0.3, 0.4) is 0 Å². The van der Waals surface area contributed by atoms with Gasteiger partial charge in [-0.15, -0.1) is 0 Å². The summed E-state index contributed by atoms with van der Waals surface area (Å²) < 4.78 is 6.30. The van der Waals surface area contributed by atoms with Gasteiger partial charge < -0.3 is 4.74 Å². The van der Waals surface area contributed by atoms with E-state index in [2.05, 4.69) is 15.9 Å². The lowest BCUT2D eigenvalue weighted by atomic mass is 9.71. The van der Waals surface area contributed by atoms with Crippen LogP contribution < -0.4 is 4.74 Å². The predicted octanol–water partition coefficient (Wildman–Crippen LogP) is 5.47. The van der Waals surface area contributed by atoms with Crippen LogP contribution in [0.2, 0.25) is 0 Å². The van der Waals surface area contributed by atoms with Gasteiger partial charge in [-0.25, -0.2) is 0 Å². The number of carbonyl (C=O) groups is 3. The van der Waals surface area contributed by atoms with Gasteiger partial charge in [0.15, 0.2) is 11.6 Å². The third-order valence-corrected chi connectivity index (χ3v) is 6.00. The summed E-state index contributed by atoms with van der Waals surface area (Å²) in [6, 6.07) is 22.9. The highest BCUT2D eigenvalue weighted by Gasteiger charge is 2.47. The third kappa shape index (κ3) is 3.73. The second kappa shape index (κ2) is 8.36. The molecule has 30 heavy (non-hydrogen) atoms. The van der Waals surface area contributed by atoms with Gasteiger partial charge in [0.1, 0.15) is 11.7 Å². The summed E-state index contributed by atoms with van der Waals surface area (Å²) in [4.78, 5) is 39.6. The topological polar surface area (TPSA) is 60.4 Å². The van der Waals surface area contributed by atoms with Crippen molar-refractivity contribution in [3.63, 3.8) is 0 Å². The summed E-state index contributed by atoms with van der Waals surface area (Å²) in [5, 5.41) is 0. The SMILES string of the molecule is C[C@@H](C(=O)c1ccccc1)[C@H]1c2cc(Br)ccc2OC(=O)[C@@H]1C(=O)c1ccccc1. The highest BCUT2D eigenvalue weighted by molar-refractivity contribution is 9.10. The van der Waals surface area contributed by atoms with Crippen LogP contribution in [0.25, 0.3) is 0 Å². The number of fused-ring (bicyclic) bond motifs is 1. The number of esters is 1. The summed E-state index contributed by atoms with van der Waals surface area (Å²) in [6.07, 6.45) is 0. The maximum Gasteiger partial charge on any atom is 0.322 e. The van der Waals surface area contributed by atoms with E-state index >= 15 is 0 Å². The first-order valence-corrected chi connectivity index (χ1v) is 10.5. The van der Waals surface area contributed by atoms with Crippen molar-refractivity contribution in [2.45, 2.75) is 12.8 Å². The van der Waals surface area contributed by atoms with Crippen molar-refractivity contribution in [3.05, 3.63) is 100 Å². The zero-order chi connectivity index (χ0) is 21.3. The molecule has 0 saturated heterocycles. The Balaban J connectivity index is 1.82. The van der Waals surface area contributed by atoms with Gasteiger partial charge in [0.25, 0.3) is 0 Å². The largest absolute Gasteiger partial charge is 0.426 e. The molecule has 0 amide bonds. The molecule has 0 radical (unpaired) electrons. The molecule has 1 heterocycles. The number of hydrogen-bond donors (Lipinski definition) is 0. The lowest BCUT2D eigenvalue weighted by molar-refractivity contribution is -0.139. The van der Waals surface area contributed by atoms with Crippen LogP contribution in [0.1, 0.15) is 39.1 Å². The van der Waals surface area contributed by atoms with E-state index < -0.39 is 23.7 Å². The maximum atomic E-state index is 13.4. The predicted molar refractivity (Wildman–Crippen MR) is 117 cm³/mol. The number of ether oxygens (including phenoxy) is 1. The van der Waals surface area contributed by atoms with Crippen LogP contribution in [-0.4, -0.2) is 17.5 Å². The number of carbonyl (C=O) groups excluding carboxylic acids is 3. The van der Waals surface area contributed by atoms with Gasteiger partial charge in [0.05, 0.1) is 0 Å². The van der Waals surface area contributed by atoms with Gasteiger partial charge >= 0.3 is 5.97 Å². The smallest absolute Gasteiger partial charge is 0.322 e. The minimum absolute atomic E-state index is 0.118. The van der Waals surface area contributed by atoms with E-state index in [1.807, 2.05) is 12.1 Å². The Hall–Kier alpha value is -3.05. The number of Topliss-reactive ketones (excluding diaryl/α,β-unsaturated/α-hetero) is 2. The lowest BCUT2D eigenvalue weighted by Gasteiger charge is -2.34. The fraction of sp³-hybridized carbons (Fsp3) is 0.160. The summed E-state index contributed by atoms with van der Waals surface area (Å²) in [7, 11) is 0. The van der Waals surface area contributed by atoms with Crippen molar-refractivity contribution in [1.82, 2.24) is 0 Å². The molecule has 0 aliphatic carbocycles. The van der Waals surface area contributed by atoms with Gasteiger partial charge in [-0.3, -0.25) is 14.4 Å². The van der Waals surface area contributed by atoms with E-state index in [-0.39, 0.29) is 11.6 Å². The van der Waals surface area contributed by atoms with E-state index in [0.717, 1.165) is 4.47 Å². The Labute approximate surface area is 183 Å². The standard InChI is InChI=1S/C25H19BrO4/c1-15(23(27)16-8-4-2-5-9-16)21-19-14-18(26)12-13-20(19)30-25(29)22(21)24(28)17-10-6-3-7-11-17/h2-15,21-22H,1H3/t15-,21+,22+/m1/s1. The molecule has 1 aliphatic rings. The molecule has 0 unspecified atom stereocenters. The van der Waals surface area contributed by atoms with Crippen LogP contribution in [-0.2, 0) is 4.79 Å². The summed E-state index contributed by atoms with van der Waals surface area (Å²) in [5.74, 6) is -3.05. The molecule has 4 rings (SSSR count). The zero-order valence-electron chi connectivity index (χ0n) is 16.2. The van der Waals surface area contributed by atoms with Gasteiger partial charge in [0, 0.05) is 33.0 Å². The number of hydrogen-bond acceptors (Lipinski definition) is 4. The molecule has 0 aromatic heterocycles. The molecule has 5 heteroatoms. The Morgan fingerprint density at radius 1 is 0.900 bits per heavy atom. The minimum Gasteiger partial charge on any atom is -0.426 e. The molecule has 1 aliphatic heterocycles. The quantitative estimate of drug-likeness (QED) is 0.218. The van der Waals surface area contributed by atoms with Crippen LogP contribution in [0.15, 0.2) is 83.3 Å². The van der Waals surface area contributed by atoms with E-state index in [9.17, 15) is 14.4 Å². The highest BCUT2D eigenvalue weighted by atomic mass is 79.9. The molecule has 0 N–H and O–H groups in total. The summed E-state index contributed by atoms with van der Waals surface area (Å²) in [6.45, 7) is 1.77. The second-order valence-electron chi connectivity index (χ2n) is 7.36. The molecule has 3 aromatic rings. The molecule has 3 atom stereocenters. The lowest BCUT2D eigenvalue weighted by Crippen LogP contribution is -2.41. The first kappa shape index (κ1) is 20.2. The fourth-order valence-electron chi connectivity index (χ4n) is 4.01. The van der Waals surface area contributed by atoms with E-state index in [0.29, 0.717) is 22.4 Å². The minimum atomic E-state index is -1.10. The van der Waals surface area contributed by atoms with Crippen molar-refractivity contribution in [3.8, 4) is 5.75 Å². The third-order valence-electron chi connectivity index (χ3n) is 5.51. The van der Waals surface area contributed by atoms with Gasteiger partial charge in [-0.05, 0) is 18.2 Å². The fourth-order valence-corrected chi connectivity index (χ4v) is 4.39. The Bertz CT molecular complexity index is 1110. The van der Waals surface area contributed by atoms with Gasteiger partial charge in [0.2, 0.25) is 0 Å². The average molecular weight is 463 g/mol. The summed E-state index contributed by atoms with van der Waals surface area (Å²) >= 11 is 3.46. The van der Waals surface area contributed by atoms with E-state index in [4.69, 9.17) is 4.74 Å². The first-order chi connectivity index (χ1) is 14.5. The molecule has 0 saturated carbocycles. The monoisotopic (exact) mass is 462 g/mol. The number of halogens is 1. The van der Waals surface area contributed by atoms with Crippen molar-refractivity contribution in [2.24, 2.45) is 11.8 Å². The Morgan fingerprint density at radius 2 is 1.50 bits per heavy atom. The maximum absolute atomic E-state index is 13.4. The second-order valence-corrected chi connectivity index (χ2v) is 8.27. The number of ketones is 2. The van der Waals surface area contributed by atoms with E-state index in [1.54, 1.807) is 73.7 Å². The molecule has 3 aromatic carbocycles. The molecular weight excluding hydrogens is 444 g/mol. The Morgan fingerprint density at radius 3 is 2.13 bits per heavy atom. The molecular formula is C25H19BrO4. The van der Waals surface area contributed by atoms with Gasteiger partial charge in [-0.1, -0.05) is 83.5 Å². The number of rotatable bonds is 5. The molecule has 150 valence electrons. The zero-order valence-corrected chi connectivity index (χ0v) is 17.8. The van der Waals surface area contributed by atoms with Crippen LogP contribution in [0, 0.1) is 11.8 Å². The van der Waals surface area contributed by atoms with Crippen molar-refractivity contribution in [1.29, 1.82) is 0 Å². The van der Waals surface area contributed by atoms with Crippen LogP contribution in [0.4, 0.5) is 0 Å². The van der Waals surface area contributed by atoms with Crippen molar-refractivity contribution >= 4 is 33.5 Å². The Kier molecular flexibility index (Phi) is 5.64. The van der Waals surface area contributed by atoms with Crippen molar-refractivity contribution in [2.75, 3.05) is 0 Å². The number of benzene rings is 3. The first-order valence-electron chi connectivity index (χ1n) is 9.67. The van der Waals surface area contributed by atoms with Gasteiger partial charge in [-0.2, -0.15) is 0 Å². The van der Waals surface area contributed by atoms with E-state index in [1.165, 1.54) is 0 Å². The normalized spacial score (nSPS) is 18.8. The summed E-state index contributed by atoms with van der Waals surface area (Å²) in [5.41, 5.74) is 1.64. The van der Waals surface area contributed by atoms with Crippen LogP contribution in [0.5, 0.6) is 5.75 Å². The highest BCUT2D eigenvalue weighted by Crippen LogP contribution is 2.45. The molecule has 0 spiro atoms. The molecule has 0 fully saturated rings. The van der Waals surface area contributed by atoms with Crippen LogP contribution >= 0.6 is 15.9 Å². The average Bonchev–Trinajstić information content (AvgIpc) is 2.78.